The Balaban J connectivity index is 1.99. The summed E-state index contributed by atoms with van der Waals surface area (Å²) in [6, 6.07) is 8.60. The monoisotopic (exact) mass is 351 g/mol. The number of rotatable bonds is 6. The summed E-state index contributed by atoms with van der Waals surface area (Å²) >= 11 is 12.0. The molecule has 2 N–H and O–H groups in total. The van der Waals surface area contributed by atoms with Crippen molar-refractivity contribution < 1.29 is 4.79 Å². The van der Waals surface area contributed by atoms with E-state index < -0.39 is 0 Å². The van der Waals surface area contributed by atoms with Gasteiger partial charge < -0.3 is 10.6 Å². The van der Waals surface area contributed by atoms with Crippen molar-refractivity contribution in [3.05, 3.63) is 52.1 Å². The highest BCUT2D eigenvalue weighted by atomic mass is 35.5. The molecule has 2 aromatic rings. The minimum atomic E-state index is -0.120. The zero-order chi connectivity index (χ0) is 16.8. The first-order valence-corrected chi connectivity index (χ1v) is 8.17. The van der Waals surface area contributed by atoms with E-state index in [9.17, 15) is 4.79 Å². The van der Waals surface area contributed by atoms with E-state index in [1.54, 1.807) is 30.3 Å². The number of benzene rings is 1. The van der Waals surface area contributed by atoms with Crippen LogP contribution >= 0.6 is 23.2 Å². The van der Waals surface area contributed by atoms with Crippen LogP contribution in [0.2, 0.25) is 10.0 Å². The maximum Gasteiger partial charge on any atom is 0.252 e. The van der Waals surface area contributed by atoms with E-state index >= 15 is 0 Å². The number of hydrogen-bond donors (Lipinski definition) is 2. The molecule has 6 heteroatoms. The summed E-state index contributed by atoms with van der Waals surface area (Å²) in [5.74, 6) is 1.03. The lowest BCUT2D eigenvalue weighted by Gasteiger charge is -2.09. The minimum Gasteiger partial charge on any atom is -0.352 e. The van der Waals surface area contributed by atoms with Crippen LogP contribution in [0.5, 0.6) is 0 Å². The van der Waals surface area contributed by atoms with Gasteiger partial charge in [-0.2, -0.15) is 0 Å². The molecule has 0 aliphatic rings. The van der Waals surface area contributed by atoms with Gasteiger partial charge in [0.15, 0.2) is 0 Å². The van der Waals surface area contributed by atoms with Gasteiger partial charge in [-0.25, -0.2) is 4.98 Å². The number of nitrogens with zero attached hydrogens (tertiary/aromatic N) is 1. The molecular weight excluding hydrogens is 333 g/mol. The Morgan fingerprint density at radius 3 is 2.65 bits per heavy atom. The van der Waals surface area contributed by atoms with Gasteiger partial charge in [-0.3, -0.25) is 4.79 Å². The van der Waals surface area contributed by atoms with Gasteiger partial charge in [-0.1, -0.05) is 37.0 Å². The molecule has 0 atom stereocenters. The lowest BCUT2D eigenvalue weighted by molar-refractivity contribution is 0.0951. The van der Waals surface area contributed by atoms with Crippen molar-refractivity contribution in [3.63, 3.8) is 0 Å². The Hall–Kier alpha value is -1.78. The van der Waals surface area contributed by atoms with Crippen LogP contribution in [0.3, 0.4) is 0 Å². The third-order valence-electron chi connectivity index (χ3n) is 3.22. The molecule has 1 heterocycles. The predicted octanol–water partition coefficient (Wildman–Crippen LogP) is 4.91. The smallest absolute Gasteiger partial charge is 0.252 e. The van der Waals surface area contributed by atoms with Crippen LogP contribution in [-0.4, -0.2) is 17.4 Å². The Morgan fingerprint density at radius 1 is 1.22 bits per heavy atom. The third kappa shape index (κ3) is 5.41. The molecule has 0 radical (unpaired) electrons. The maximum atomic E-state index is 12.0. The Morgan fingerprint density at radius 2 is 2.00 bits per heavy atom. The van der Waals surface area contributed by atoms with Crippen LogP contribution in [0.1, 0.15) is 30.6 Å². The summed E-state index contributed by atoms with van der Waals surface area (Å²) in [5.41, 5.74) is 1.19. The highest BCUT2D eigenvalue weighted by Gasteiger charge is 2.07. The van der Waals surface area contributed by atoms with Crippen LogP contribution in [-0.2, 0) is 0 Å². The number of nitrogens with one attached hydrogen (secondary N) is 2. The molecule has 2 rings (SSSR count). The fourth-order valence-electron chi connectivity index (χ4n) is 1.91. The average molecular weight is 352 g/mol. The second-order valence-electron chi connectivity index (χ2n) is 5.62. The van der Waals surface area contributed by atoms with Gasteiger partial charge in [0.25, 0.3) is 5.91 Å². The lowest BCUT2D eigenvalue weighted by Crippen LogP contribution is -2.25. The molecular formula is C17H19Cl2N3O. The summed E-state index contributed by atoms with van der Waals surface area (Å²) in [6.45, 7) is 4.90. The van der Waals surface area contributed by atoms with Gasteiger partial charge in [-0.05, 0) is 42.7 Å². The van der Waals surface area contributed by atoms with Crippen LogP contribution in [0.15, 0.2) is 36.5 Å². The van der Waals surface area contributed by atoms with Gasteiger partial charge in [0, 0.05) is 17.8 Å². The molecule has 1 aromatic carbocycles. The number of amides is 1. The zero-order valence-corrected chi connectivity index (χ0v) is 14.6. The maximum absolute atomic E-state index is 12.0. The molecule has 0 unspecified atom stereocenters. The van der Waals surface area contributed by atoms with E-state index in [1.807, 2.05) is 0 Å². The molecule has 0 saturated heterocycles. The number of pyridine rings is 1. The van der Waals surface area contributed by atoms with Gasteiger partial charge in [0.1, 0.15) is 5.82 Å². The quantitative estimate of drug-likeness (QED) is 0.777. The number of aromatic nitrogens is 1. The van der Waals surface area contributed by atoms with Crippen molar-refractivity contribution in [2.45, 2.75) is 20.3 Å². The molecule has 1 aromatic heterocycles. The topological polar surface area (TPSA) is 54.0 Å². The Labute approximate surface area is 146 Å². The van der Waals surface area contributed by atoms with Crippen LogP contribution < -0.4 is 10.6 Å². The fraction of sp³-hybridized carbons (Fsp3) is 0.294. The molecule has 23 heavy (non-hydrogen) atoms. The summed E-state index contributed by atoms with van der Waals surface area (Å²) < 4.78 is 0. The number of halogens is 2. The van der Waals surface area contributed by atoms with Crippen LogP contribution in [0.25, 0.3) is 0 Å². The largest absolute Gasteiger partial charge is 0.352 e. The third-order valence-corrected chi connectivity index (χ3v) is 3.79. The molecule has 0 saturated carbocycles. The van der Waals surface area contributed by atoms with Gasteiger partial charge in [-0.15, -0.1) is 0 Å². The SMILES string of the molecule is CC(C)CCNC(=O)c1ccc(Nc2cc(Cl)ccc2Cl)nc1. The van der Waals surface area contributed by atoms with Gasteiger partial charge in [0.05, 0.1) is 16.3 Å². The van der Waals surface area contributed by atoms with Gasteiger partial charge in [0.2, 0.25) is 0 Å². The van der Waals surface area contributed by atoms with Crippen molar-refractivity contribution in [1.82, 2.24) is 10.3 Å². The fourth-order valence-corrected chi connectivity index (χ4v) is 2.25. The van der Waals surface area contributed by atoms with E-state index in [0.29, 0.717) is 39.6 Å². The lowest BCUT2D eigenvalue weighted by atomic mass is 10.1. The van der Waals surface area contributed by atoms with Crippen molar-refractivity contribution in [3.8, 4) is 0 Å². The Bertz CT molecular complexity index is 672. The molecule has 122 valence electrons. The number of anilines is 2. The van der Waals surface area contributed by atoms with Crippen molar-refractivity contribution in [1.29, 1.82) is 0 Å². The minimum absolute atomic E-state index is 0.120. The molecule has 1 amide bonds. The summed E-state index contributed by atoms with van der Waals surface area (Å²) in [7, 11) is 0. The predicted molar refractivity (Wildman–Crippen MR) is 95.8 cm³/mol. The van der Waals surface area contributed by atoms with Crippen molar-refractivity contribution >= 4 is 40.6 Å². The number of hydrogen-bond acceptors (Lipinski definition) is 3. The first-order chi connectivity index (χ1) is 11.0. The second-order valence-corrected chi connectivity index (χ2v) is 6.46. The van der Waals surface area contributed by atoms with Gasteiger partial charge >= 0.3 is 0 Å². The molecule has 0 spiro atoms. The van der Waals surface area contributed by atoms with Crippen molar-refractivity contribution in [2.24, 2.45) is 5.92 Å². The number of carbonyl (C=O) groups is 1. The van der Waals surface area contributed by atoms with Crippen LogP contribution in [0.4, 0.5) is 11.5 Å². The van der Waals surface area contributed by atoms with E-state index in [1.165, 1.54) is 6.20 Å². The number of carbonyl (C=O) groups excluding carboxylic acids is 1. The first-order valence-electron chi connectivity index (χ1n) is 7.42. The zero-order valence-electron chi connectivity index (χ0n) is 13.1. The molecule has 0 bridgehead atoms. The molecule has 0 aliphatic heterocycles. The van der Waals surface area contributed by atoms with E-state index in [4.69, 9.17) is 23.2 Å². The van der Waals surface area contributed by atoms with Crippen LogP contribution in [0, 0.1) is 5.92 Å². The second kappa shape index (κ2) is 8.18. The normalized spacial score (nSPS) is 10.7. The summed E-state index contributed by atoms with van der Waals surface area (Å²) in [6.07, 6.45) is 2.48. The van der Waals surface area contributed by atoms with Crippen molar-refractivity contribution in [2.75, 3.05) is 11.9 Å². The van der Waals surface area contributed by atoms with E-state index in [0.717, 1.165) is 6.42 Å². The molecule has 4 nitrogen and oxygen atoms in total. The highest BCUT2D eigenvalue weighted by Crippen LogP contribution is 2.27. The standard InChI is InChI=1S/C17H19Cl2N3O/c1-11(2)7-8-20-17(23)12-3-6-16(21-10-12)22-15-9-13(18)4-5-14(15)19/h3-6,9-11H,7-8H2,1-2H3,(H,20,23)(H,21,22). The summed E-state index contributed by atoms with van der Waals surface area (Å²) in [5, 5.41) is 7.09. The van der Waals surface area contributed by atoms with E-state index in [-0.39, 0.29) is 5.91 Å². The summed E-state index contributed by atoms with van der Waals surface area (Å²) in [4.78, 5) is 16.2. The molecule has 0 fully saturated rings. The Kier molecular flexibility index (Phi) is 6.25. The highest BCUT2D eigenvalue weighted by molar-refractivity contribution is 6.35. The first kappa shape index (κ1) is 17.6. The average Bonchev–Trinajstić information content (AvgIpc) is 2.51. The molecule has 0 aliphatic carbocycles. The van der Waals surface area contributed by atoms with E-state index in [2.05, 4.69) is 29.5 Å².